The van der Waals surface area contributed by atoms with E-state index in [0.717, 1.165) is 11.1 Å². The Bertz CT molecular complexity index is 1800. The molecule has 0 heterocycles. The molecular formula is C43H48N2O8. The number of carbonyl (C=O) groups is 4. The summed E-state index contributed by atoms with van der Waals surface area (Å²) in [6.07, 6.45) is 1.76. The van der Waals surface area contributed by atoms with Gasteiger partial charge in [-0.15, -0.1) is 0 Å². The van der Waals surface area contributed by atoms with Gasteiger partial charge >= 0.3 is 11.9 Å². The summed E-state index contributed by atoms with van der Waals surface area (Å²) in [5, 5.41) is 10.4. The first kappa shape index (κ1) is 38.6. The molecule has 10 nitrogen and oxygen atoms in total. The number of carbonyl (C=O) groups excluding carboxylic acids is 3. The van der Waals surface area contributed by atoms with E-state index < -0.39 is 47.4 Å². The molecule has 4 aromatic carbocycles. The molecule has 1 aliphatic rings. The molecule has 10 heteroatoms. The van der Waals surface area contributed by atoms with Crippen LogP contribution in [0.15, 0.2) is 109 Å². The van der Waals surface area contributed by atoms with Crippen LogP contribution in [0.5, 0.6) is 23.0 Å². The van der Waals surface area contributed by atoms with Crippen molar-refractivity contribution in [1.29, 1.82) is 0 Å². The molecule has 278 valence electrons. The maximum Gasteiger partial charge on any atom is 0.310 e. The zero-order valence-corrected chi connectivity index (χ0v) is 30.6. The number of amides is 2. The number of aliphatic carboxylic acids is 1. The second-order valence-electron chi connectivity index (χ2n) is 13.2. The van der Waals surface area contributed by atoms with Crippen molar-refractivity contribution in [2.45, 2.75) is 53.1 Å². The van der Waals surface area contributed by atoms with Crippen molar-refractivity contribution in [3.05, 3.63) is 120 Å². The van der Waals surface area contributed by atoms with Crippen LogP contribution in [0.1, 0.15) is 51.2 Å². The first-order valence-corrected chi connectivity index (χ1v) is 18.3. The molecule has 1 N–H and O–H groups in total. The quantitative estimate of drug-likeness (QED) is 0.103. The molecule has 4 aromatic rings. The van der Waals surface area contributed by atoms with Gasteiger partial charge in [0.2, 0.25) is 11.8 Å². The highest BCUT2D eigenvalue weighted by Crippen LogP contribution is 2.49. The Kier molecular flexibility index (Phi) is 13.6. The fourth-order valence-electron chi connectivity index (χ4n) is 6.77. The molecule has 0 saturated heterocycles. The summed E-state index contributed by atoms with van der Waals surface area (Å²) >= 11 is 0. The molecule has 5 rings (SSSR count). The fourth-order valence-corrected chi connectivity index (χ4v) is 6.77. The fraction of sp³-hybridized carbons (Fsp3) is 0.349. The predicted octanol–water partition coefficient (Wildman–Crippen LogP) is 7.96. The first-order valence-electron chi connectivity index (χ1n) is 18.3. The van der Waals surface area contributed by atoms with Crippen LogP contribution in [0.4, 0.5) is 0 Å². The van der Waals surface area contributed by atoms with Crippen molar-refractivity contribution < 1.29 is 38.5 Å². The molecule has 2 amide bonds. The van der Waals surface area contributed by atoms with Crippen LogP contribution < -0.4 is 9.47 Å². The minimum Gasteiger partial charge on any atom is -0.481 e. The number of hydrogen-bond donors (Lipinski definition) is 1. The van der Waals surface area contributed by atoms with Crippen molar-refractivity contribution in [1.82, 2.24) is 9.80 Å². The van der Waals surface area contributed by atoms with Crippen LogP contribution in [-0.2, 0) is 37.0 Å². The summed E-state index contributed by atoms with van der Waals surface area (Å²) in [4.78, 5) is 58.5. The average molecular weight is 721 g/mol. The Morgan fingerprint density at radius 2 is 0.925 bits per heavy atom. The molecule has 0 aromatic heterocycles. The summed E-state index contributed by atoms with van der Waals surface area (Å²) in [5.74, 6) is -5.46. The third kappa shape index (κ3) is 9.83. The highest BCUT2D eigenvalue weighted by molar-refractivity contribution is 6.00. The van der Waals surface area contributed by atoms with E-state index in [1.54, 1.807) is 9.80 Å². The van der Waals surface area contributed by atoms with Gasteiger partial charge in [0.25, 0.3) is 0 Å². The molecular weight excluding hydrogens is 672 g/mol. The van der Waals surface area contributed by atoms with Crippen LogP contribution in [0.2, 0.25) is 0 Å². The van der Waals surface area contributed by atoms with E-state index in [9.17, 15) is 24.3 Å². The highest BCUT2D eigenvalue weighted by Gasteiger charge is 2.65. The Hall–Kier alpha value is -5.64. The molecule has 4 atom stereocenters. The summed E-state index contributed by atoms with van der Waals surface area (Å²) in [6, 6.07) is 33.5. The van der Waals surface area contributed by atoms with Crippen LogP contribution in [0, 0.1) is 23.7 Å². The number of rotatable bonds is 18. The molecule has 1 saturated carbocycles. The third-order valence-corrected chi connectivity index (χ3v) is 9.29. The number of ether oxygens (including phenoxy) is 3. The van der Waals surface area contributed by atoms with E-state index in [4.69, 9.17) is 14.2 Å². The smallest absolute Gasteiger partial charge is 0.310 e. The van der Waals surface area contributed by atoms with Gasteiger partial charge in [-0.3, -0.25) is 19.2 Å². The van der Waals surface area contributed by atoms with E-state index in [1.807, 2.05) is 130 Å². The largest absolute Gasteiger partial charge is 0.481 e. The van der Waals surface area contributed by atoms with E-state index in [1.165, 1.54) is 0 Å². The standard InChI is InChI=1S/C43H48N2O8/c1-4-25-44(28-30-17-21-34(22-18-30)52-32-13-9-7-10-14-32)40(46)36-37(39(38(36)42(48)49)43(50)51-27-6-3)41(47)45(26-5-2)29-31-19-23-35(24-20-31)53-33-15-11-8-12-16-33/h7-24,36-39H,4-6,25-29H2,1-3H3,(H,48,49)/t36-,37-,38-,39-/m0/s1. The summed E-state index contributed by atoms with van der Waals surface area (Å²) in [7, 11) is 0. The van der Waals surface area contributed by atoms with Crippen molar-refractivity contribution in [3.63, 3.8) is 0 Å². The number of esters is 1. The molecule has 0 bridgehead atoms. The Morgan fingerprint density at radius 3 is 1.30 bits per heavy atom. The summed E-state index contributed by atoms with van der Waals surface area (Å²) in [5.41, 5.74) is 1.63. The minimum absolute atomic E-state index is 0.0865. The van der Waals surface area contributed by atoms with Gasteiger partial charge in [0, 0.05) is 26.2 Å². The van der Waals surface area contributed by atoms with Gasteiger partial charge in [0.1, 0.15) is 23.0 Å². The Balaban J connectivity index is 1.38. The second kappa shape index (κ2) is 18.7. The van der Waals surface area contributed by atoms with Crippen molar-refractivity contribution >= 4 is 23.8 Å². The zero-order valence-electron chi connectivity index (χ0n) is 30.6. The molecule has 0 spiro atoms. The van der Waals surface area contributed by atoms with Crippen LogP contribution >= 0.6 is 0 Å². The number of para-hydroxylation sites is 2. The number of carboxylic acid groups (broad SMARTS) is 1. The van der Waals surface area contributed by atoms with Gasteiger partial charge in [-0.25, -0.2) is 0 Å². The number of nitrogens with zero attached hydrogens (tertiary/aromatic N) is 2. The number of hydrogen-bond acceptors (Lipinski definition) is 7. The SMILES string of the molecule is CCCOC(=O)[C@@H]1[C@@H](C(=O)O)[C@@H](C(=O)N(CCC)Cc2ccc(Oc3ccccc3)cc2)[C@@H]1C(=O)N(CCC)Cc1ccc(Oc2ccccc2)cc1. The Labute approximate surface area is 311 Å². The summed E-state index contributed by atoms with van der Waals surface area (Å²) < 4.78 is 17.3. The molecule has 0 aliphatic heterocycles. The normalized spacial score (nSPS) is 17.6. The zero-order chi connectivity index (χ0) is 37.7. The van der Waals surface area contributed by atoms with Gasteiger partial charge in [-0.05, 0) is 78.9 Å². The monoisotopic (exact) mass is 720 g/mol. The van der Waals surface area contributed by atoms with E-state index in [0.29, 0.717) is 55.4 Å². The molecule has 1 aliphatic carbocycles. The maximum absolute atomic E-state index is 14.5. The lowest BCUT2D eigenvalue weighted by Gasteiger charge is -2.49. The predicted molar refractivity (Wildman–Crippen MR) is 200 cm³/mol. The van der Waals surface area contributed by atoms with Gasteiger partial charge in [0.05, 0.1) is 30.3 Å². The lowest BCUT2D eigenvalue weighted by atomic mass is 9.55. The van der Waals surface area contributed by atoms with Crippen LogP contribution in [-0.4, -0.2) is 58.4 Å². The van der Waals surface area contributed by atoms with E-state index in [2.05, 4.69) is 0 Å². The van der Waals surface area contributed by atoms with E-state index in [-0.39, 0.29) is 19.7 Å². The lowest BCUT2D eigenvalue weighted by Crippen LogP contribution is -2.64. The first-order chi connectivity index (χ1) is 25.7. The van der Waals surface area contributed by atoms with Crippen LogP contribution in [0.25, 0.3) is 0 Å². The van der Waals surface area contributed by atoms with Crippen molar-refractivity contribution in [2.75, 3.05) is 19.7 Å². The molecule has 53 heavy (non-hydrogen) atoms. The Morgan fingerprint density at radius 1 is 0.528 bits per heavy atom. The van der Waals surface area contributed by atoms with E-state index >= 15 is 0 Å². The maximum atomic E-state index is 14.5. The molecule has 0 unspecified atom stereocenters. The highest BCUT2D eigenvalue weighted by atomic mass is 16.5. The molecule has 1 fully saturated rings. The second-order valence-corrected chi connectivity index (χ2v) is 13.2. The van der Waals surface area contributed by atoms with Gasteiger partial charge < -0.3 is 29.1 Å². The average Bonchev–Trinajstić information content (AvgIpc) is 3.15. The molecule has 0 radical (unpaired) electrons. The number of carboxylic acids is 1. The minimum atomic E-state index is -1.40. The topological polar surface area (TPSA) is 123 Å². The van der Waals surface area contributed by atoms with Gasteiger partial charge in [-0.2, -0.15) is 0 Å². The lowest BCUT2D eigenvalue weighted by molar-refractivity contribution is -0.190. The third-order valence-electron chi connectivity index (χ3n) is 9.29. The number of benzene rings is 4. The van der Waals surface area contributed by atoms with Gasteiger partial charge in [-0.1, -0.05) is 81.4 Å². The van der Waals surface area contributed by atoms with Crippen LogP contribution in [0.3, 0.4) is 0 Å². The van der Waals surface area contributed by atoms with Gasteiger partial charge in [0.15, 0.2) is 0 Å². The van der Waals surface area contributed by atoms with Crippen molar-refractivity contribution in [2.24, 2.45) is 23.7 Å². The van der Waals surface area contributed by atoms with Crippen molar-refractivity contribution in [3.8, 4) is 23.0 Å². The summed E-state index contributed by atoms with van der Waals surface area (Å²) in [6.45, 7) is 6.88.